The Bertz CT molecular complexity index is 846. The molecule has 142 valence electrons. The van der Waals surface area contributed by atoms with Crippen molar-refractivity contribution in [2.75, 3.05) is 32.6 Å². The number of rotatable bonds is 5. The van der Waals surface area contributed by atoms with Gasteiger partial charge in [0, 0.05) is 29.7 Å². The Labute approximate surface area is 163 Å². The number of amides is 2. The van der Waals surface area contributed by atoms with E-state index in [9.17, 15) is 9.59 Å². The summed E-state index contributed by atoms with van der Waals surface area (Å²) in [6, 6.07) is 9.75. The number of hydrogen-bond acceptors (Lipinski definition) is 4. The van der Waals surface area contributed by atoms with Gasteiger partial charge in [0.15, 0.2) is 11.5 Å². The lowest BCUT2D eigenvalue weighted by Gasteiger charge is -2.20. The van der Waals surface area contributed by atoms with Gasteiger partial charge in [-0.15, -0.1) is 0 Å². The molecule has 0 atom stereocenters. The summed E-state index contributed by atoms with van der Waals surface area (Å²) in [6.07, 6.45) is 1.96. The van der Waals surface area contributed by atoms with Crippen molar-refractivity contribution >= 4 is 29.1 Å². The Balaban J connectivity index is 1.96. The number of halogens is 1. The summed E-state index contributed by atoms with van der Waals surface area (Å²) in [5.41, 5.74) is 1.19. The fraction of sp³-hybridized carbons (Fsp3) is 0.300. The lowest BCUT2D eigenvalue weighted by atomic mass is 10.1. The van der Waals surface area contributed by atoms with Crippen molar-refractivity contribution in [3.05, 3.63) is 52.5 Å². The van der Waals surface area contributed by atoms with Gasteiger partial charge in [-0.2, -0.15) is 0 Å². The molecule has 0 radical (unpaired) electrons. The highest BCUT2D eigenvalue weighted by Crippen LogP contribution is 2.34. The first kappa shape index (κ1) is 19.0. The number of benzene rings is 2. The molecule has 0 saturated carbocycles. The first-order chi connectivity index (χ1) is 13.0. The minimum Gasteiger partial charge on any atom is -0.493 e. The van der Waals surface area contributed by atoms with Crippen LogP contribution in [0.3, 0.4) is 0 Å². The standard InChI is InChI=1S/C20H21ClN2O4/c1-26-17-11-15(20(25)23-9-3-4-10-23)16(12-18(17)27-2)22-19(24)13-5-7-14(21)8-6-13/h5-8,11-12H,3-4,9-10H2,1-2H3,(H,22,24). The zero-order chi connectivity index (χ0) is 19.4. The van der Waals surface area contributed by atoms with E-state index in [4.69, 9.17) is 21.1 Å². The number of carbonyl (C=O) groups is 2. The third-order valence-electron chi connectivity index (χ3n) is 4.50. The van der Waals surface area contributed by atoms with Crippen molar-refractivity contribution in [2.24, 2.45) is 0 Å². The van der Waals surface area contributed by atoms with Crippen LogP contribution >= 0.6 is 11.6 Å². The van der Waals surface area contributed by atoms with E-state index < -0.39 is 0 Å². The molecule has 0 bridgehead atoms. The molecule has 1 heterocycles. The third-order valence-corrected chi connectivity index (χ3v) is 4.75. The van der Waals surface area contributed by atoms with E-state index in [0.29, 0.717) is 46.4 Å². The van der Waals surface area contributed by atoms with Gasteiger partial charge in [-0.3, -0.25) is 9.59 Å². The van der Waals surface area contributed by atoms with Gasteiger partial charge in [0.1, 0.15) is 0 Å². The van der Waals surface area contributed by atoms with E-state index in [1.807, 2.05) is 0 Å². The van der Waals surface area contributed by atoms with Crippen molar-refractivity contribution in [2.45, 2.75) is 12.8 Å². The van der Waals surface area contributed by atoms with E-state index in [1.165, 1.54) is 14.2 Å². The van der Waals surface area contributed by atoms with Crippen molar-refractivity contribution in [1.82, 2.24) is 4.90 Å². The molecule has 27 heavy (non-hydrogen) atoms. The molecule has 1 aliphatic rings. The second-order valence-electron chi connectivity index (χ2n) is 6.21. The lowest BCUT2D eigenvalue weighted by Crippen LogP contribution is -2.29. The Morgan fingerprint density at radius 1 is 1.00 bits per heavy atom. The quantitative estimate of drug-likeness (QED) is 0.844. The van der Waals surface area contributed by atoms with Crippen LogP contribution in [0.5, 0.6) is 11.5 Å². The van der Waals surface area contributed by atoms with Crippen LogP contribution in [-0.2, 0) is 0 Å². The average molecular weight is 389 g/mol. The van der Waals surface area contributed by atoms with Crippen molar-refractivity contribution in [1.29, 1.82) is 0 Å². The van der Waals surface area contributed by atoms with Crippen LogP contribution in [0.1, 0.15) is 33.6 Å². The van der Waals surface area contributed by atoms with Gasteiger partial charge >= 0.3 is 0 Å². The normalized spacial score (nSPS) is 13.4. The highest BCUT2D eigenvalue weighted by Gasteiger charge is 2.25. The number of anilines is 1. The summed E-state index contributed by atoms with van der Waals surface area (Å²) >= 11 is 5.88. The number of ether oxygens (including phenoxy) is 2. The van der Waals surface area contributed by atoms with Crippen molar-refractivity contribution < 1.29 is 19.1 Å². The number of carbonyl (C=O) groups excluding carboxylic acids is 2. The van der Waals surface area contributed by atoms with Crippen LogP contribution < -0.4 is 14.8 Å². The van der Waals surface area contributed by atoms with Gasteiger partial charge in [0.2, 0.25) is 0 Å². The summed E-state index contributed by atoms with van der Waals surface area (Å²) in [6.45, 7) is 1.41. The largest absolute Gasteiger partial charge is 0.493 e. The van der Waals surface area contributed by atoms with E-state index in [0.717, 1.165) is 12.8 Å². The van der Waals surface area contributed by atoms with Crippen LogP contribution in [-0.4, -0.2) is 44.0 Å². The van der Waals surface area contributed by atoms with Crippen LogP contribution in [0, 0.1) is 0 Å². The molecule has 0 aromatic heterocycles. The molecular formula is C20H21ClN2O4. The number of methoxy groups -OCH3 is 2. The zero-order valence-electron chi connectivity index (χ0n) is 15.3. The van der Waals surface area contributed by atoms with Crippen LogP contribution in [0.15, 0.2) is 36.4 Å². The molecule has 2 aromatic rings. The summed E-state index contributed by atoms with van der Waals surface area (Å²) in [7, 11) is 3.01. The van der Waals surface area contributed by atoms with Crippen LogP contribution in [0.25, 0.3) is 0 Å². The molecule has 2 amide bonds. The number of hydrogen-bond donors (Lipinski definition) is 1. The first-order valence-corrected chi connectivity index (χ1v) is 9.03. The van der Waals surface area contributed by atoms with Gasteiger partial charge in [0.05, 0.1) is 25.5 Å². The van der Waals surface area contributed by atoms with E-state index in [-0.39, 0.29) is 11.8 Å². The molecule has 1 saturated heterocycles. The van der Waals surface area contributed by atoms with Gasteiger partial charge in [0.25, 0.3) is 11.8 Å². The van der Waals surface area contributed by atoms with Gasteiger partial charge in [-0.05, 0) is 43.2 Å². The van der Waals surface area contributed by atoms with E-state index in [1.54, 1.807) is 41.3 Å². The SMILES string of the molecule is COc1cc(NC(=O)c2ccc(Cl)cc2)c(C(=O)N2CCCC2)cc1OC. The molecule has 1 fully saturated rings. The van der Waals surface area contributed by atoms with Gasteiger partial charge in [-0.25, -0.2) is 0 Å². The maximum absolute atomic E-state index is 13.0. The summed E-state index contributed by atoms with van der Waals surface area (Å²) in [5, 5.41) is 3.36. The smallest absolute Gasteiger partial charge is 0.256 e. The fourth-order valence-corrected chi connectivity index (χ4v) is 3.17. The van der Waals surface area contributed by atoms with Crippen molar-refractivity contribution in [3.8, 4) is 11.5 Å². The maximum atomic E-state index is 13.0. The van der Waals surface area contributed by atoms with E-state index >= 15 is 0 Å². The topological polar surface area (TPSA) is 67.9 Å². The number of nitrogens with one attached hydrogen (secondary N) is 1. The molecular weight excluding hydrogens is 368 g/mol. The van der Waals surface area contributed by atoms with E-state index in [2.05, 4.69) is 5.32 Å². The monoisotopic (exact) mass is 388 g/mol. The highest BCUT2D eigenvalue weighted by atomic mass is 35.5. The molecule has 6 nitrogen and oxygen atoms in total. The second-order valence-corrected chi connectivity index (χ2v) is 6.65. The van der Waals surface area contributed by atoms with Gasteiger partial charge < -0.3 is 19.7 Å². The lowest BCUT2D eigenvalue weighted by molar-refractivity contribution is 0.0793. The predicted octanol–water partition coefficient (Wildman–Crippen LogP) is 3.85. The summed E-state index contributed by atoms with van der Waals surface area (Å²) < 4.78 is 10.6. The number of likely N-dealkylation sites (tertiary alicyclic amines) is 1. The fourth-order valence-electron chi connectivity index (χ4n) is 3.05. The second kappa shape index (κ2) is 8.31. The molecule has 1 aliphatic heterocycles. The molecule has 2 aromatic carbocycles. The minimum atomic E-state index is -0.339. The van der Waals surface area contributed by atoms with Gasteiger partial charge in [-0.1, -0.05) is 11.6 Å². The Morgan fingerprint density at radius 3 is 2.19 bits per heavy atom. The molecule has 0 spiro atoms. The molecule has 3 rings (SSSR count). The summed E-state index contributed by atoms with van der Waals surface area (Å²) in [5.74, 6) is 0.389. The molecule has 0 unspecified atom stereocenters. The molecule has 7 heteroatoms. The third kappa shape index (κ3) is 4.17. The maximum Gasteiger partial charge on any atom is 0.256 e. The first-order valence-electron chi connectivity index (χ1n) is 8.65. The Morgan fingerprint density at radius 2 is 1.59 bits per heavy atom. The van der Waals surface area contributed by atoms with Crippen LogP contribution in [0.4, 0.5) is 5.69 Å². The Hall–Kier alpha value is -2.73. The molecule has 0 aliphatic carbocycles. The Kier molecular flexibility index (Phi) is 5.86. The van der Waals surface area contributed by atoms with Crippen LogP contribution in [0.2, 0.25) is 5.02 Å². The number of nitrogens with zero attached hydrogens (tertiary/aromatic N) is 1. The predicted molar refractivity (Wildman–Crippen MR) is 104 cm³/mol. The van der Waals surface area contributed by atoms with Crippen molar-refractivity contribution in [3.63, 3.8) is 0 Å². The minimum absolute atomic E-state index is 0.139. The molecule has 1 N–H and O–H groups in total. The zero-order valence-corrected chi connectivity index (χ0v) is 16.0. The highest BCUT2D eigenvalue weighted by molar-refractivity contribution is 6.30. The average Bonchev–Trinajstić information content (AvgIpc) is 3.22. The summed E-state index contributed by atoms with van der Waals surface area (Å²) in [4.78, 5) is 27.4.